The predicted octanol–water partition coefficient (Wildman–Crippen LogP) is 3.48. The van der Waals surface area contributed by atoms with Crippen LogP contribution in [-0.2, 0) is 11.3 Å². The summed E-state index contributed by atoms with van der Waals surface area (Å²) in [6, 6.07) is 15.1. The number of carbonyl (C=O) groups excluding carboxylic acids is 1. The highest BCUT2D eigenvalue weighted by atomic mass is 16.5. The van der Waals surface area contributed by atoms with Crippen molar-refractivity contribution in [2.45, 2.75) is 13.5 Å². The van der Waals surface area contributed by atoms with E-state index in [0.717, 1.165) is 17.0 Å². The number of ether oxygens (including phenoxy) is 2. The number of methoxy groups -OCH3 is 1. The monoisotopic (exact) mass is 285 g/mol. The topological polar surface area (TPSA) is 47.6 Å². The number of hydrogen-bond donors (Lipinski definition) is 1. The van der Waals surface area contributed by atoms with Crippen molar-refractivity contribution >= 4 is 11.7 Å². The van der Waals surface area contributed by atoms with Gasteiger partial charge in [0.15, 0.2) is 0 Å². The minimum absolute atomic E-state index is 0.297. The highest BCUT2D eigenvalue weighted by molar-refractivity contribution is 5.89. The Morgan fingerprint density at radius 2 is 1.81 bits per heavy atom. The lowest BCUT2D eigenvalue weighted by Gasteiger charge is -2.10. The van der Waals surface area contributed by atoms with E-state index >= 15 is 0 Å². The van der Waals surface area contributed by atoms with Gasteiger partial charge in [0.1, 0.15) is 5.75 Å². The Kier molecular flexibility index (Phi) is 5.21. The molecule has 110 valence electrons. The van der Waals surface area contributed by atoms with Crippen molar-refractivity contribution < 1.29 is 14.3 Å². The minimum atomic E-state index is -0.297. The van der Waals surface area contributed by atoms with Crippen molar-refractivity contribution in [1.29, 1.82) is 0 Å². The van der Waals surface area contributed by atoms with Crippen LogP contribution in [0.4, 0.5) is 5.69 Å². The number of benzene rings is 2. The Balaban J connectivity index is 1.99. The van der Waals surface area contributed by atoms with Crippen LogP contribution in [0.2, 0.25) is 0 Å². The van der Waals surface area contributed by atoms with Gasteiger partial charge in [-0.2, -0.15) is 0 Å². The van der Waals surface area contributed by atoms with Gasteiger partial charge in [-0.25, -0.2) is 4.79 Å². The van der Waals surface area contributed by atoms with E-state index in [0.29, 0.717) is 18.7 Å². The zero-order valence-electron chi connectivity index (χ0n) is 12.3. The second kappa shape index (κ2) is 7.33. The first kappa shape index (κ1) is 14.9. The average molecular weight is 285 g/mol. The normalized spacial score (nSPS) is 10.0. The maximum atomic E-state index is 11.6. The molecule has 2 aromatic rings. The van der Waals surface area contributed by atoms with Crippen LogP contribution in [0.5, 0.6) is 5.75 Å². The van der Waals surface area contributed by atoms with Crippen LogP contribution in [-0.4, -0.2) is 19.7 Å². The molecule has 0 aromatic heterocycles. The summed E-state index contributed by atoms with van der Waals surface area (Å²) in [7, 11) is 1.66. The molecule has 0 saturated heterocycles. The third-order valence-corrected chi connectivity index (χ3v) is 3.07. The van der Waals surface area contributed by atoms with Crippen LogP contribution in [0.25, 0.3) is 0 Å². The van der Waals surface area contributed by atoms with E-state index in [2.05, 4.69) is 5.32 Å². The van der Waals surface area contributed by atoms with Crippen LogP contribution in [0.3, 0.4) is 0 Å². The van der Waals surface area contributed by atoms with Gasteiger partial charge in [0.25, 0.3) is 0 Å². The summed E-state index contributed by atoms with van der Waals surface area (Å²) < 4.78 is 10.3. The molecule has 0 fully saturated rings. The number of esters is 1. The number of hydrogen-bond acceptors (Lipinski definition) is 4. The second-order valence-corrected chi connectivity index (χ2v) is 4.46. The summed E-state index contributed by atoms with van der Waals surface area (Å²) in [5, 5.41) is 3.30. The van der Waals surface area contributed by atoms with Gasteiger partial charge in [0.2, 0.25) is 0 Å². The standard InChI is InChI=1S/C17H19NO3/c1-3-21-17(19)13-8-10-15(11-9-13)18-12-14-6-4-5-7-16(14)20-2/h4-11,18H,3,12H2,1-2H3. The smallest absolute Gasteiger partial charge is 0.338 e. The van der Waals surface area contributed by atoms with Crippen LogP contribution < -0.4 is 10.1 Å². The summed E-state index contributed by atoms with van der Waals surface area (Å²) in [5.74, 6) is 0.557. The molecule has 4 heteroatoms. The molecule has 0 bridgehead atoms. The maximum absolute atomic E-state index is 11.6. The van der Waals surface area contributed by atoms with Gasteiger partial charge in [-0.3, -0.25) is 0 Å². The van der Waals surface area contributed by atoms with Gasteiger partial charge in [0.05, 0.1) is 19.3 Å². The molecule has 0 atom stereocenters. The molecule has 0 aliphatic carbocycles. The third kappa shape index (κ3) is 3.99. The molecule has 0 radical (unpaired) electrons. The fraction of sp³-hybridized carbons (Fsp3) is 0.235. The third-order valence-electron chi connectivity index (χ3n) is 3.07. The van der Waals surface area contributed by atoms with E-state index in [4.69, 9.17) is 9.47 Å². The molecule has 1 N–H and O–H groups in total. The van der Waals surface area contributed by atoms with Crippen LogP contribution >= 0.6 is 0 Å². The Labute approximate surface area is 124 Å². The Morgan fingerprint density at radius 3 is 2.48 bits per heavy atom. The Hall–Kier alpha value is -2.49. The quantitative estimate of drug-likeness (QED) is 0.825. The summed E-state index contributed by atoms with van der Waals surface area (Å²) >= 11 is 0. The first-order valence-electron chi connectivity index (χ1n) is 6.87. The second-order valence-electron chi connectivity index (χ2n) is 4.46. The first-order valence-corrected chi connectivity index (χ1v) is 6.87. The zero-order valence-corrected chi connectivity index (χ0v) is 12.3. The Morgan fingerprint density at radius 1 is 1.10 bits per heavy atom. The largest absolute Gasteiger partial charge is 0.496 e. The van der Waals surface area contributed by atoms with Gasteiger partial charge >= 0.3 is 5.97 Å². The SMILES string of the molecule is CCOC(=O)c1ccc(NCc2ccccc2OC)cc1. The van der Waals surface area contributed by atoms with Gasteiger partial charge in [-0.15, -0.1) is 0 Å². The van der Waals surface area contributed by atoms with Gasteiger partial charge < -0.3 is 14.8 Å². The summed E-state index contributed by atoms with van der Waals surface area (Å²) in [4.78, 5) is 11.6. The lowest BCUT2D eigenvalue weighted by atomic mass is 10.1. The van der Waals surface area contributed by atoms with Crippen molar-refractivity contribution in [3.63, 3.8) is 0 Å². The number of para-hydroxylation sites is 1. The van der Waals surface area contributed by atoms with E-state index in [9.17, 15) is 4.79 Å². The number of nitrogens with one attached hydrogen (secondary N) is 1. The van der Waals surface area contributed by atoms with E-state index in [1.165, 1.54) is 0 Å². The van der Waals surface area contributed by atoms with Gasteiger partial charge in [-0.1, -0.05) is 18.2 Å². The number of carbonyl (C=O) groups is 1. The maximum Gasteiger partial charge on any atom is 0.338 e. The van der Waals surface area contributed by atoms with Crippen LogP contribution in [0.15, 0.2) is 48.5 Å². The van der Waals surface area contributed by atoms with Crippen molar-refractivity contribution in [3.05, 3.63) is 59.7 Å². The van der Waals surface area contributed by atoms with E-state index < -0.39 is 0 Å². The number of anilines is 1. The predicted molar refractivity (Wildman–Crippen MR) is 82.7 cm³/mol. The van der Waals surface area contributed by atoms with Crippen LogP contribution in [0, 0.1) is 0 Å². The van der Waals surface area contributed by atoms with E-state index in [1.807, 2.05) is 36.4 Å². The Bertz CT molecular complexity index is 593. The lowest BCUT2D eigenvalue weighted by molar-refractivity contribution is 0.0526. The lowest BCUT2D eigenvalue weighted by Crippen LogP contribution is -2.05. The fourth-order valence-electron chi connectivity index (χ4n) is 1.98. The van der Waals surface area contributed by atoms with E-state index in [-0.39, 0.29) is 5.97 Å². The molecule has 2 aromatic carbocycles. The van der Waals surface area contributed by atoms with Crippen molar-refractivity contribution in [2.75, 3.05) is 19.0 Å². The molecule has 21 heavy (non-hydrogen) atoms. The molecule has 0 aliphatic heterocycles. The van der Waals surface area contributed by atoms with Crippen LogP contribution in [0.1, 0.15) is 22.8 Å². The molecule has 0 unspecified atom stereocenters. The van der Waals surface area contributed by atoms with Crippen molar-refractivity contribution in [2.24, 2.45) is 0 Å². The average Bonchev–Trinajstić information content (AvgIpc) is 2.54. The molecule has 0 heterocycles. The molecule has 0 saturated carbocycles. The van der Waals surface area contributed by atoms with Gasteiger partial charge in [0, 0.05) is 17.8 Å². The minimum Gasteiger partial charge on any atom is -0.496 e. The fourth-order valence-corrected chi connectivity index (χ4v) is 1.98. The summed E-state index contributed by atoms with van der Waals surface area (Å²) in [5.41, 5.74) is 2.57. The molecule has 0 amide bonds. The number of rotatable bonds is 6. The summed E-state index contributed by atoms with van der Waals surface area (Å²) in [6.45, 7) is 2.83. The van der Waals surface area contributed by atoms with Crippen molar-refractivity contribution in [3.8, 4) is 5.75 Å². The molecular weight excluding hydrogens is 266 g/mol. The first-order chi connectivity index (χ1) is 10.2. The molecule has 0 aliphatic rings. The van der Waals surface area contributed by atoms with Crippen molar-refractivity contribution in [1.82, 2.24) is 0 Å². The molecular formula is C17H19NO3. The highest BCUT2D eigenvalue weighted by Gasteiger charge is 2.06. The highest BCUT2D eigenvalue weighted by Crippen LogP contribution is 2.19. The van der Waals surface area contributed by atoms with Gasteiger partial charge in [-0.05, 0) is 37.3 Å². The summed E-state index contributed by atoms with van der Waals surface area (Å²) in [6.07, 6.45) is 0. The van der Waals surface area contributed by atoms with E-state index in [1.54, 1.807) is 26.2 Å². The molecule has 4 nitrogen and oxygen atoms in total. The molecule has 0 spiro atoms. The zero-order chi connectivity index (χ0) is 15.1. The molecule has 2 rings (SSSR count).